The number of nitrogen functional groups attached to an aromatic ring is 1. The number of para-hydroxylation sites is 1. The number of anilines is 2. The third-order valence-corrected chi connectivity index (χ3v) is 3.83. The molecule has 0 bridgehead atoms. The molecule has 1 heterocycles. The Balaban J connectivity index is 2.18. The maximum Gasteiger partial charge on any atom is 0.0419 e. The first-order valence-corrected chi connectivity index (χ1v) is 6.56. The zero-order valence-corrected chi connectivity index (χ0v) is 11.3. The van der Waals surface area contributed by atoms with Gasteiger partial charge in [-0.05, 0) is 54.3 Å². The van der Waals surface area contributed by atoms with E-state index in [0.717, 1.165) is 12.2 Å². The third-order valence-electron chi connectivity index (χ3n) is 3.83. The van der Waals surface area contributed by atoms with Gasteiger partial charge < -0.3 is 11.1 Å². The monoisotopic (exact) mass is 250 g/mol. The fourth-order valence-electron chi connectivity index (χ4n) is 2.70. The summed E-state index contributed by atoms with van der Waals surface area (Å²) in [4.78, 5) is 0. The number of allylic oxidation sites excluding steroid dienone is 1. The molecule has 0 aliphatic carbocycles. The Kier molecular flexibility index (Phi) is 2.79. The number of fused-ring (bicyclic) bond motifs is 1. The predicted octanol–water partition coefficient (Wildman–Crippen LogP) is 3.93. The molecule has 2 nitrogen and oxygen atoms in total. The molecule has 1 aliphatic rings. The van der Waals surface area contributed by atoms with Gasteiger partial charge in [0.05, 0.1) is 0 Å². The number of aryl methyl sites for hydroxylation is 1. The van der Waals surface area contributed by atoms with Gasteiger partial charge in [-0.3, -0.25) is 0 Å². The van der Waals surface area contributed by atoms with E-state index < -0.39 is 0 Å². The number of rotatable bonds is 1. The van der Waals surface area contributed by atoms with Crippen LogP contribution in [-0.2, 0) is 0 Å². The van der Waals surface area contributed by atoms with Crippen molar-refractivity contribution in [3.8, 4) is 0 Å². The van der Waals surface area contributed by atoms with Crippen LogP contribution < -0.4 is 11.1 Å². The summed E-state index contributed by atoms with van der Waals surface area (Å²) in [5.74, 6) is 0. The number of nitrogens with one attached hydrogen (secondary N) is 1. The smallest absolute Gasteiger partial charge is 0.0419 e. The Morgan fingerprint density at radius 2 is 1.79 bits per heavy atom. The quantitative estimate of drug-likeness (QED) is 0.752. The third kappa shape index (κ3) is 1.99. The highest BCUT2D eigenvalue weighted by molar-refractivity contribution is 5.98. The first-order valence-electron chi connectivity index (χ1n) is 6.56. The largest absolute Gasteiger partial charge is 0.399 e. The van der Waals surface area contributed by atoms with Crippen molar-refractivity contribution < 1.29 is 0 Å². The van der Waals surface area contributed by atoms with E-state index >= 15 is 0 Å². The Morgan fingerprint density at radius 3 is 2.63 bits per heavy atom. The van der Waals surface area contributed by atoms with Crippen LogP contribution in [0.1, 0.15) is 23.6 Å². The second kappa shape index (κ2) is 4.47. The summed E-state index contributed by atoms with van der Waals surface area (Å²) >= 11 is 0. The standard InChI is InChI=1S/C17H18N2/c1-11-7-8-13(18)9-15(11)16-10-19-17-6-4-3-5-14(17)12(16)2/h3-9,19H,10,18H2,1-2H3. The van der Waals surface area contributed by atoms with Gasteiger partial charge in [0.1, 0.15) is 0 Å². The van der Waals surface area contributed by atoms with Gasteiger partial charge in [-0.1, -0.05) is 24.3 Å². The normalized spacial score (nSPS) is 14.0. The van der Waals surface area contributed by atoms with Crippen LogP contribution >= 0.6 is 0 Å². The van der Waals surface area contributed by atoms with Gasteiger partial charge in [-0.25, -0.2) is 0 Å². The molecule has 0 fully saturated rings. The molecule has 0 aromatic heterocycles. The minimum absolute atomic E-state index is 0.819. The summed E-state index contributed by atoms with van der Waals surface area (Å²) in [6, 6.07) is 14.6. The van der Waals surface area contributed by atoms with E-state index in [1.165, 1.54) is 33.5 Å². The maximum absolute atomic E-state index is 5.93. The average Bonchev–Trinajstić information content (AvgIpc) is 2.43. The minimum Gasteiger partial charge on any atom is -0.399 e. The zero-order valence-electron chi connectivity index (χ0n) is 11.3. The second-order valence-electron chi connectivity index (χ2n) is 5.08. The van der Waals surface area contributed by atoms with Gasteiger partial charge in [-0.15, -0.1) is 0 Å². The van der Waals surface area contributed by atoms with E-state index in [-0.39, 0.29) is 0 Å². The maximum atomic E-state index is 5.93. The zero-order chi connectivity index (χ0) is 13.4. The van der Waals surface area contributed by atoms with E-state index in [1.54, 1.807) is 0 Å². The van der Waals surface area contributed by atoms with Gasteiger partial charge in [0.15, 0.2) is 0 Å². The molecule has 0 saturated carbocycles. The molecule has 2 aromatic carbocycles. The topological polar surface area (TPSA) is 38.0 Å². The van der Waals surface area contributed by atoms with Crippen LogP contribution in [-0.4, -0.2) is 6.54 Å². The molecule has 3 rings (SSSR count). The van der Waals surface area contributed by atoms with Crippen molar-refractivity contribution >= 4 is 22.5 Å². The molecule has 0 atom stereocenters. The SMILES string of the molecule is CC1=C(c2cc(N)ccc2C)CNc2ccccc21. The summed E-state index contributed by atoms with van der Waals surface area (Å²) < 4.78 is 0. The van der Waals surface area contributed by atoms with Crippen LogP contribution in [0.5, 0.6) is 0 Å². The van der Waals surface area contributed by atoms with Gasteiger partial charge in [0, 0.05) is 23.5 Å². The number of benzene rings is 2. The van der Waals surface area contributed by atoms with Crippen LogP contribution in [0.15, 0.2) is 42.5 Å². The highest BCUT2D eigenvalue weighted by atomic mass is 14.9. The molecule has 0 radical (unpaired) electrons. The van der Waals surface area contributed by atoms with E-state index in [1.807, 2.05) is 6.07 Å². The van der Waals surface area contributed by atoms with Crippen molar-refractivity contribution in [3.63, 3.8) is 0 Å². The second-order valence-corrected chi connectivity index (χ2v) is 5.08. The molecular weight excluding hydrogens is 232 g/mol. The Morgan fingerprint density at radius 1 is 1.00 bits per heavy atom. The van der Waals surface area contributed by atoms with Crippen LogP contribution in [0, 0.1) is 6.92 Å². The Bertz CT molecular complexity index is 669. The lowest BCUT2D eigenvalue weighted by atomic mass is 9.89. The lowest BCUT2D eigenvalue weighted by Gasteiger charge is -2.24. The molecule has 0 unspecified atom stereocenters. The van der Waals surface area contributed by atoms with Crippen LogP contribution in [0.4, 0.5) is 11.4 Å². The summed E-state index contributed by atoms with van der Waals surface area (Å²) in [5.41, 5.74) is 14.4. The fourth-order valence-corrected chi connectivity index (χ4v) is 2.70. The van der Waals surface area contributed by atoms with Crippen LogP contribution in [0.2, 0.25) is 0 Å². The highest BCUT2D eigenvalue weighted by Crippen LogP contribution is 2.36. The van der Waals surface area contributed by atoms with Gasteiger partial charge in [-0.2, -0.15) is 0 Å². The molecule has 3 N–H and O–H groups in total. The molecular formula is C17H18N2. The van der Waals surface area contributed by atoms with E-state index in [0.29, 0.717) is 0 Å². The molecule has 1 aliphatic heterocycles. The van der Waals surface area contributed by atoms with Crippen molar-refractivity contribution in [2.24, 2.45) is 0 Å². The molecule has 0 amide bonds. The first kappa shape index (κ1) is 11.8. The van der Waals surface area contributed by atoms with Crippen molar-refractivity contribution in [1.29, 1.82) is 0 Å². The summed E-state index contributed by atoms with van der Waals surface area (Å²) in [6.07, 6.45) is 0. The Hall–Kier alpha value is -2.22. The fraction of sp³-hybridized carbons (Fsp3) is 0.176. The highest BCUT2D eigenvalue weighted by Gasteiger charge is 2.17. The van der Waals surface area contributed by atoms with E-state index in [2.05, 4.69) is 55.6 Å². The van der Waals surface area contributed by atoms with Gasteiger partial charge in [0.2, 0.25) is 0 Å². The number of hydrogen-bond donors (Lipinski definition) is 2. The minimum atomic E-state index is 0.819. The Labute approximate surface area is 114 Å². The van der Waals surface area contributed by atoms with Crippen molar-refractivity contribution in [1.82, 2.24) is 0 Å². The van der Waals surface area contributed by atoms with Crippen molar-refractivity contribution in [2.45, 2.75) is 13.8 Å². The predicted molar refractivity (Wildman–Crippen MR) is 83.0 cm³/mol. The van der Waals surface area contributed by atoms with E-state index in [9.17, 15) is 0 Å². The molecule has 2 aromatic rings. The number of hydrogen-bond acceptors (Lipinski definition) is 2. The molecule has 0 spiro atoms. The summed E-state index contributed by atoms with van der Waals surface area (Å²) in [7, 11) is 0. The molecule has 19 heavy (non-hydrogen) atoms. The van der Waals surface area contributed by atoms with E-state index in [4.69, 9.17) is 5.73 Å². The van der Waals surface area contributed by atoms with Crippen molar-refractivity contribution in [2.75, 3.05) is 17.6 Å². The average molecular weight is 250 g/mol. The van der Waals surface area contributed by atoms with Gasteiger partial charge >= 0.3 is 0 Å². The van der Waals surface area contributed by atoms with Crippen molar-refractivity contribution in [3.05, 3.63) is 59.2 Å². The summed E-state index contributed by atoms with van der Waals surface area (Å²) in [5, 5.41) is 3.49. The van der Waals surface area contributed by atoms with Crippen LogP contribution in [0.3, 0.4) is 0 Å². The van der Waals surface area contributed by atoms with Crippen LogP contribution in [0.25, 0.3) is 11.1 Å². The van der Waals surface area contributed by atoms with Gasteiger partial charge in [0.25, 0.3) is 0 Å². The lowest BCUT2D eigenvalue weighted by molar-refractivity contribution is 1.27. The lowest BCUT2D eigenvalue weighted by Crippen LogP contribution is -2.13. The summed E-state index contributed by atoms with van der Waals surface area (Å²) in [6.45, 7) is 5.18. The molecule has 0 saturated heterocycles. The molecule has 2 heteroatoms. The molecule has 96 valence electrons. The number of nitrogens with two attached hydrogens (primary N) is 1. The first-order chi connectivity index (χ1) is 9.16.